The summed E-state index contributed by atoms with van der Waals surface area (Å²) < 4.78 is 5.52. The molecule has 1 aliphatic heterocycles. The van der Waals surface area contributed by atoms with Gasteiger partial charge in [-0.1, -0.05) is 53.2 Å². The predicted octanol–water partition coefficient (Wildman–Crippen LogP) is 4.80. The van der Waals surface area contributed by atoms with Crippen LogP contribution in [-0.2, 0) is 0 Å². The van der Waals surface area contributed by atoms with Crippen molar-refractivity contribution in [3.8, 4) is 11.4 Å². The molecule has 1 saturated heterocycles. The Labute approximate surface area is 158 Å². The summed E-state index contributed by atoms with van der Waals surface area (Å²) >= 11 is 0. The van der Waals surface area contributed by atoms with E-state index in [4.69, 9.17) is 4.52 Å². The summed E-state index contributed by atoms with van der Waals surface area (Å²) in [4.78, 5) is 19.2. The highest BCUT2D eigenvalue weighted by Gasteiger charge is 2.32. The van der Waals surface area contributed by atoms with Gasteiger partial charge in [-0.3, -0.25) is 0 Å². The molecule has 3 aromatic rings. The number of hydrogen-bond acceptors (Lipinski definition) is 4. The van der Waals surface area contributed by atoms with Crippen molar-refractivity contribution in [2.24, 2.45) is 0 Å². The van der Waals surface area contributed by atoms with Gasteiger partial charge in [-0.05, 0) is 38.3 Å². The van der Waals surface area contributed by atoms with Crippen molar-refractivity contribution in [3.05, 3.63) is 66.1 Å². The fourth-order valence-electron chi connectivity index (χ4n) is 3.34. The molecule has 1 N–H and O–H groups in total. The zero-order valence-electron chi connectivity index (χ0n) is 15.3. The standard InChI is InChI=1S/C21H22N4O2/c1-15-10-12-17(13-11-15)22-21(26)25-14-6-5-9-18(25)20-23-19(24-27-20)16-7-3-2-4-8-16/h2-4,7-8,10-13,18H,5-6,9,14H2,1H3,(H,22,26). The molecule has 0 aliphatic carbocycles. The molecule has 1 aromatic heterocycles. The van der Waals surface area contributed by atoms with Crippen LogP contribution in [0.4, 0.5) is 10.5 Å². The average molecular weight is 362 g/mol. The second-order valence-electron chi connectivity index (χ2n) is 6.82. The van der Waals surface area contributed by atoms with Crippen LogP contribution in [0.15, 0.2) is 59.1 Å². The first-order valence-electron chi connectivity index (χ1n) is 9.24. The molecular formula is C21H22N4O2. The second-order valence-corrected chi connectivity index (χ2v) is 6.82. The maximum absolute atomic E-state index is 12.8. The van der Waals surface area contributed by atoms with E-state index in [1.807, 2.05) is 61.5 Å². The smallest absolute Gasteiger partial charge is 0.322 e. The minimum absolute atomic E-state index is 0.136. The van der Waals surface area contributed by atoms with Crippen molar-refractivity contribution in [1.29, 1.82) is 0 Å². The highest BCUT2D eigenvalue weighted by molar-refractivity contribution is 5.89. The Balaban J connectivity index is 1.53. The van der Waals surface area contributed by atoms with Crippen LogP contribution in [-0.4, -0.2) is 27.6 Å². The molecule has 2 amide bonds. The van der Waals surface area contributed by atoms with Gasteiger partial charge in [0.1, 0.15) is 6.04 Å². The number of nitrogens with zero attached hydrogens (tertiary/aromatic N) is 3. The van der Waals surface area contributed by atoms with Crippen molar-refractivity contribution in [2.75, 3.05) is 11.9 Å². The zero-order valence-corrected chi connectivity index (χ0v) is 15.3. The van der Waals surface area contributed by atoms with E-state index in [2.05, 4.69) is 15.5 Å². The van der Waals surface area contributed by atoms with Gasteiger partial charge in [0.25, 0.3) is 0 Å². The summed E-state index contributed by atoms with van der Waals surface area (Å²) in [7, 11) is 0. The molecule has 2 heterocycles. The Morgan fingerprint density at radius 3 is 2.67 bits per heavy atom. The van der Waals surface area contributed by atoms with Crippen molar-refractivity contribution < 1.29 is 9.32 Å². The molecule has 1 atom stereocenters. The molecule has 2 aromatic carbocycles. The van der Waals surface area contributed by atoms with Crippen molar-refractivity contribution in [2.45, 2.75) is 32.2 Å². The lowest BCUT2D eigenvalue weighted by atomic mass is 10.0. The van der Waals surface area contributed by atoms with Crippen LogP contribution >= 0.6 is 0 Å². The Kier molecular flexibility index (Phi) is 4.87. The first-order valence-corrected chi connectivity index (χ1v) is 9.24. The Hall–Kier alpha value is -3.15. The van der Waals surface area contributed by atoms with E-state index in [-0.39, 0.29) is 12.1 Å². The monoisotopic (exact) mass is 362 g/mol. The summed E-state index contributed by atoms with van der Waals surface area (Å²) in [6, 6.07) is 17.1. The molecule has 1 fully saturated rings. The normalized spacial score (nSPS) is 16.9. The number of hydrogen-bond donors (Lipinski definition) is 1. The first-order chi connectivity index (χ1) is 13.2. The number of piperidine rings is 1. The number of anilines is 1. The molecule has 27 heavy (non-hydrogen) atoms. The van der Waals surface area contributed by atoms with Gasteiger partial charge in [-0.2, -0.15) is 4.98 Å². The van der Waals surface area contributed by atoms with Crippen molar-refractivity contribution in [3.63, 3.8) is 0 Å². The van der Waals surface area contributed by atoms with Gasteiger partial charge in [0.05, 0.1) is 0 Å². The van der Waals surface area contributed by atoms with Crippen LogP contribution < -0.4 is 5.32 Å². The van der Waals surface area contributed by atoms with Gasteiger partial charge in [0.15, 0.2) is 0 Å². The van der Waals surface area contributed by atoms with E-state index < -0.39 is 0 Å². The quantitative estimate of drug-likeness (QED) is 0.726. The van der Waals surface area contributed by atoms with Gasteiger partial charge >= 0.3 is 6.03 Å². The SMILES string of the molecule is Cc1ccc(NC(=O)N2CCCCC2c2nc(-c3ccccc3)no2)cc1. The topological polar surface area (TPSA) is 71.3 Å². The maximum Gasteiger partial charge on any atom is 0.322 e. The van der Waals surface area contributed by atoms with Crippen LogP contribution in [0, 0.1) is 6.92 Å². The van der Waals surface area contributed by atoms with Crippen molar-refractivity contribution in [1.82, 2.24) is 15.0 Å². The molecule has 138 valence electrons. The number of benzene rings is 2. The molecule has 0 saturated carbocycles. The number of urea groups is 1. The number of carbonyl (C=O) groups is 1. The molecule has 1 unspecified atom stereocenters. The summed E-state index contributed by atoms with van der Waals surface area (Å²) in [6.45, 7) is 2.69. The predicted molar refractivity (Wildman–Crippen MR) is 103 cm³/mol. The number of carbonyl (C=O) groups excluding carboxylic acids is 1. The van der Waals surface area contributed by atoms with E-state index >= 15 is 0 Å². The number of aryl methyl sites for hydroxylation is 1. The fraction of sp³-hybridized carbons (Fsp3) is 0.286. The van der Waals surface area contributed by atoms with Gasteiger partial charge < -0.3 is 14.7 Å². The second kappa shape index (κ2) is 7.61. The zero-order chi connectivity index (χ0) is 18.6. The summed E-state index contributed by atoms with van der Waals surface area (Å²) in [6.07, 6.45) is 2.82. The van der Waals surface area contributed by atoms with Crippen LogP contribution in [0.25, 0.3) is 11.4 Å². The lowest BCUT2D eigenvalue weighted by Gasteiger charge is -2.33. The van der Waals surface area contributed by atoms with E-state index in [1.54, 1.807) is 4.90 Å². The summed E-state index contributed by atoms with van der Waals surface area (Å²) in [5.41, 5.74) is 2.84. The van der Waals surface area contributed by atoms with Crippen LogP contribution in [0.3, 0.4) is 0 Å². The molecule has 6 nitrogen and oxygen atoms in total. The molecular weight excluding hydrogens is 340 g/mol. The molecule has 0 spiro atoms. The third kappa shape index (κ3) is 3.84. The number of rotatable bonds is 3. The van der Waals surface area contributed by atoms with E-state index in [0.29, 0.717) is 18.3 Å². The fourth-order valence-corrected chi connectivity index (χ4v) is 3.34. The number of aromatic nitrogens is 2. The minimum atomic E-state index is -0.200. The molecule has 1 aliphatic rings. The largest absolute Gasteiger partial charge is 0.337 e. The number of amides is 2. The van der Waals surface area contributed by atoms with E-state index in [0.717, 1.165) is 36.1 Å². The van der Waals surface area contributed by atoms with E-state index in [1.165, 1.54) is 0 Å². The van der Waals surface area contributed by atoms with Crippen molar-refractivity contribution >= 4 is 11.7 Å². The summed E-state index contributed by atoms with van der Waals surface area (Å²) in [5.74, 6) is 1.04. The Bertz CT molecular complexity index is 905. The third-order valence-corrected chi connectivity index (χ3v) is 4.83. The van der Waals surface area contributed by atoms with Gasteiger partial charge in [-0.15, -0.1) is 0 Å². The van der Waals surface area contributed by atoms with E-state index in [9.17, 15) is 4.79 Å². The average Bonchev–Trinajstić information content (AvgIpc) is 3.20. The molecule has 0 radical (unpaired) electrons. The Morgan fingerprint density at radius 1 is 1.11 bits per heavy atom. The molecule has 6 heteroatoms. The minimum Gasteiger partial charge on any atom is -0.337 e. The van der Waals surface area contributed by atoms with Gasteiger partial charge in [-0.25, -0.2) is 4.79 Å². The first kappa shape index (κ1) is 17.3. The molecule has 0 bridgehead atoms. The van der Waals surface area contributed by atoms with Crippen LogP contribution in [0.2, 0.25) is 0 Å². The van der Waals surface area contributed by atoms with Crippen LogP contribution in [0.1, 0.15) is 36.8 Å². The van der Waals surface area contributed by atoms with Gasteiger partial charge in [0.2, 0.25) is 11.7 Å². The lowest BCUT2D eigenvalue weighted by molar-refractivity contribution is 0.142. The number of likely N-dealkylation sites (tertiary alicyclic amines) is 1. The van der Waals surface area contributed by atoms with Gasteiger partial charge in [0, 0.05) is 17.8 Å². The summed E-state index contributed by atoms with van der Waals surface area (Å²) in [5, 5.41) is 7.08. The number of nitrogens with one attached hydrogen (secondary N) is 1. The maximum atomic E-state index is 12.8. The highest BCUT2D eigenvalue weighted by atomic mass is 16.5. The Morgan fingerprint density at radius 2 is 1.89 bits per heavy atom. The molecule has 4 rings (SSSR count). The lowest BCUT2D eigenvalue weighted by Crippen LogP contribution is -2.41. The highest BCUT2D eigenvalue weighted by Crippen LogP contribution is 2.31. The van der Waals surface area contributed by atoms with Crippen LogP contribution in [0.5, 0.6) is 0 Å². The third-order valence-electron chi connectivity index (χ3n) is 4.83.